The Hall–Kier alpha value is -4.30. The van der Waals surface area contributed by atoms with Gasteiger partial charge in [-0.15, -0.1) is 0 Å². The van der Waals surface area contributed by atoms with Gasteiger partial charge in [-0.2, -0.15) is 0 Å². The highest BCUT2D eigenvalue weighted by Crippen LogP contribution is 2.40. The molecule has 1 aliphatic heterocycles. The third-order valence-electron chi connectivity index (χ3n) is 6.02. The Morgan fingerprint density at radius 1 is 0.917 bits per heavy atom. The van der Waals surface area contributed by atoms with E-state index in [0.717, 1.165) is 10.0 Å². The maximum Gasteiger partial charge on any atom is 0.297 e. The summed E-state index contributed by atoms with van der Waals surface area (Å²) in [6.07, 6.45) is 3.11. The van der Waals surface area contributed by atoms with Gasteiger partial charge in [0.15, 0.2) is 5.43 Å². The summed E-state index contributed by atoms with van der Waals surface area (Å²) in [5.41, 5.74) is 2.02. The van der Waals surface area contributed by atoms with Gasteiger partial charge in [0.25, 0.3) is 5.91 Å². The molecule has 0 N–H and O–H groups in total. The van der Waals surface area contributed by atoms with Crippen LogP contribution in [-0.2, 0) is 6.61 Å². The van der Waals surface area contributed by atoms with Crippen LogP contribution in [0.4, 0.5) is 5.95 Å². The van der Waals surface area contributed by atoms with E-state index in [2.05, 4.69) is 25.9 Å². The lowest BCUT2D eigenvalue weighted by atomic mass is 9.98. The van der Waals surface area contributed by atoms with E-state index in [1.54, 1.807) is 36.7 Å². The molecule has 0 spiro atoms. The van der Waals surface area contributed by atoms with Gasteiger partial charge in [-0.3, -0.25) is 14.5 Å². The van der Waals surface area contributed by atoms with Gasteiger partial charge in [0.05, 0.1) is 17.0 Å². The van der Waals surface area contributed by atoms with E-state index in [9.17, 15) is 9.59 Å². The molecule has 0 fully saturated rings. The standard InChI is InChI=1S/C28H18BrN3O4/c29-19-10-11-22-21(15-19)25(33)23-24(32(27(34)26(23)36-22)28-30-12-5-13-31-28)18-8-4-9-20(14-18)35-16-17-6-2-1-3-7-17/h1-15,24H,16H2. The second-order valence-corrected chi connectivity index (χ2v) is 9.20. The number of ether oxygens (including phenoxy) is 1. The number of hydrogen-bond acceptors (Lipinski definition) is 6. The van der Waals surface area contributed by atoms with Crippen molar-refractivity contribution in [1.82, 2.24) is 9.97 Å². The number of benzene rings is 3. The van der Waals surface area contributed by atoms with Crippen molar-refractivity contribution in [2.45, 2.75) is 12.6 Å². The number of carbonyl (C=O) groups excluding carboxylic acids is 1. The topological polar surface area (TPSA) is 85.5 Å². The number of carbonyl (C=O) groups is 1. The highest BCUT2D eigenvalue weighted by molar-refractivity contribution is 9.10. The first-order chi connectivity index (χ1) is 17.6. The van der Waals surface area contributed by atoms with Crippen molar-refractivity contribution >= 4 is 38.8 Å². The van der Waals surface area contributed by atoms with Crippen molar-refractivity contribution in [1.29, 1.82) is 0 Å². The zero-order chi connectivity index (χ0) is 24.6. The van der Waals surface area contributed by atoms with Crippen LogP contribution in [0.2, 0.25) is 0 Å². The summed E-state index contributed by atoms with van der Waals surface area (Å²) in [5, 5.41) is 0.383. The average Bonchev–Trinajstić information content (AvgIpc) is 3.21. The quantitative estimate of drug-likeness (QED) is 0.286. The number of anilines is 1. The van der Waals surface area contributed by atoms with E-state index in [1.165, 1.54) is 4.90 Å². The number of fused-ring (bicyclic) bond motifs is 2. The van der Waals surface area contributed by atoms with E-state index in [0.29, 0.717) is 28.9 Å². The van der Waals surface area contributed by atoms with Gasteiger partial charge in [-0.25, -0.2) is 9.97 Å². The lowest BCUT2D eigenvalue weighted by Crippen LogP contribution is -2.31. The summed E-state index contributed by atoms with van der Waals surface area (Å²) >= 11 is 3.42. The lowest BCUT2D eigenvalue weighted by Gasteiger charge is -2.23. The van der Waals surface area contributed by atoms with Crippen LogP contribution in [0.1, 0.15) is 33.3 Å². The molecule has 1 aliphatic rings. The van der Waals surface area contributed by atoms with E-state index >= 15 is 0 Å². The van der Waals surface area contributed by atoms with E-state index in [-0.39, 0.29) is 22.7 Å². The average molecular weight is 540 g/mol. The molecule has 176 valence electrons. The Kier molecular flexibility index (Phi) is 5.58. The molecule has 7 nitrogen and oxygen atoms in total. The Bertz CT molecular complexity index is 1650. The highest BCUT2D eigenvalue weighted by atomic mass is 79.9. The van der Waals surface area contributed by atoms with Crippen LogP contribution >= 0.6 is 15.9 Å². The Balaban J connectivity index is 1.49. The van der Waals surface area contributed by atoms with Gasteiger partial charge in [0, 0.05) is 16.9 Å². The molecule has 6 rings (SSSR count). The number of rotatable bonds is 5. The van der Waals surface area contributed by atoms with Crippen molar-refractivity contribution in [2.75, 3.05) is 4.90 Å². The molecule has 1 unspecified atom stereocenters. The van der Waals surface area contributed by atoms with Crippen LogP contribution in [0.25, 0.3) is 11.0 Å². The van der Waals surface area contributed by atoms with Gasteiger partial charge >= 0.3 is 0 Å². The molecule has 3 aromatic carbocycles. The fourth-order valence-electron chi connectivity index (χ4n) is 4.40. The summed E-state index contributed by atoms with van der Waals surface area (Å²) in [4.78, 5) is 37.3. The molecule has 1 amide bonds. The van der Waals surface area contributed by atoms with Crippen LogP contribution in [-0.4, -0.2) is 15.9 Å². The number of halogens is 1. The van der Waals surface area contributed by atoms with Crippen molar-refractivity contribution in [2.24, 2.45) is 0 Å². The highest BCUT2D eigenvalue weighted by Gasteiger charge is 2.45. The fourth-order valence-corrected chi connectivity index (χ4v) is 4.76. The molecule has 8 heteroatoms. The van der Waals surface area contributed by atoms with Gasteiger partial charge in [-0.1, -0.05) is 58.4 Å². The van der Waals surface area contributed by atoms with Crippen LogP contribution in [0.3, 0.4) is 0 Å². The predicted molar refractivity (Wildman–Crippen MR) is 138 cm³/mol. The van der Waals surface area contributed by atoms with Crippen molar-refractivity contribution in [3.63, 3.8) is 0 Å². The molecule has 1 atom stereocenters. The summed E-state index contributed by atoms with van der Waals surface area (Å²) < 4.78 is 12.8. The summed E-state index contributed by atoms with van der Waals surface area (Å²) in [5.74, 6) is 0.305. The number of amides is 1. The van der Waals surface area contributed by atoms with Crippen molar-refractivity contribution in [3.05, 3.63) is 128 Å². The first kappa shape index (κ1) is 22.2. The molecule has 0 bridgehead atoms. The zero-order valence-electron chi connectivity index (χ0n) is 18.8. The fraction of sp³-hybridized carbons (Fsp3) is 0.0714. The van der Waals surface area contributed by atoms with E-state index < -0.39 is 11.9 Å². The molecule has 2 aromatic heterocycles. The van der Waals surface area contributed by atoms with E-state index in [1.807, 2.05) is 54.6 Å². The summed E-state index contributed by atoms with van der Waals surface area (Å²) in [6, 6.07) is 23.2. The summed E-state index contributed by atoms with van der Waals surface area (Å²) in [7, 11) is 0. The minimum atomic E-state index is -0.783. The first-order valence-electron chi connectivity index (χ1n) is 11.2. The third-order valence-corrected chi connectivity index (χ3v) is 6.52. The SMILES string of the molecule is O=C1c2oc3ccc(Br)cc3c(=O)c2C(c2cccc(OCc3ccccc3)c2)N1c1ncccn1. The van der Waals surface area contributed by atoms with E-state index in [4.69, 9.17) is 9.15 Å². The molecule has 36 heavy (non-hydrogen) atoms. The molecule has 0 aliphatic carbocycles. The lowest BCUT2D eigenvalue weighted by molar-refractivity contribution is 0.0969. The normalized spacial score (nSPS) is 14.8. The second kappa shape index (κ2) is 9.05. The molecular formula is C28H18BrN3O4. The minimum Gasteiger partial charge on any atom is -0.489 e. The van der Waals surface area contributed by atoms with Crippen molar-refractivity contribution < 1.29 is 13.9 Å². The number of nitrogens with zero attached hydrogens (tertiary/aromatic N) is 3. The number of aromatic nitrogens is 2. The third kappa shape index (κ3) is 3.85. The maximum absolute atomic E-state index is 13.7. The van der Waals surface area contributed by atoms with Gasteiger partial charge in [0.2, 0.25) is 11.7 Å². The molecule has 5 aromatic rings. The van der Waals surface area contributed by atoms with Crippen molar-refractivity contribution in [3.8, 4) is 5.75 Å². The Labute approximate surface area is 214 Å². The maximum atomic E-state index is 13.7. The van der Waals surface area contributed by atoms with Gasteiger partial charge < -0.3 is 9.15 Å². The Morgan fingerprint density at radius 2 is 1.72 bits per heavy atom. The molecule has 0 radical (unpaired) electrons. The number of hydrogen-bond donors (Lipinski definition) is 0. The monoisotopic (exact) mass is 539 g/mol. The predicted octanol–water partition coefficient (Wildman–Crippen LogP) is 5.67. The van der Waals surface area contributed by atoms with Gasteiger partial charge in [0.1, 0.15) is 17.9 Å². The smallest absolute Gasteiger partial charge is 0.297 e. The van der Waals surface area contributed by atoms with Crippen LogP contribution in [0.5, 0.6) is 5.75 Å². The Morgan fingerprint density at radius 3 is 2.53 bits per heavy atom. The first-order valence-corrected chi connectivity index (χ1v) is 12.0. The zero-order valence-corrected chi connectivity index (χ0v) is 20.4. The van der Waals surface area contributed by atoms with Crippen LogP contribution < -0.4 is 15.1 Å². The molecule has 3 heterocycles. The largest absolute Gasteiger partial charge is 0.489 e. The second-order valence-electron chi connectivity index (χ2n) is 8.29. The molecular weight excluding hydrogens is 522 g/mol. The van der Waals surface area contributed by atoms with Gasteiger partial charge in [-0.05, 0) is 47.5 Å². The van der Waals surface area contributed by atoms with Crippen LogP contribution in [0.15, 0.2) is 105 Å². The van der Waals surface area contributed by atoms with Crippen LogP contribution in [0, 0.1) is 0 Å². The molecule has 0 saturated heterocycles. The summed E-state index contributed by atoms with van der Waals surface area (Å²) in [6.45, 7) is 0.386. The minimum absolute atomic E-state index is 0.0112. The molecule has 0 saturated carbocycles.